The highest BCUT2D eigenvalue weighted by atomic mass is 16.5. The van der Waals surface area contributed by atoms with Gasteiger partial charge in [0.25, 0.3) is 5.56 Å². The van der Waals surface area contributed by atoms with Crippen LogP contribution in [0.1, 0.15) is 79.9 Å². The molecule has 2 atom stereocenters. The van der Waals surface area contributed by atoms with Gasteiger partial charge in [0.1, 0.15) is 11.5 Å². The van der Waals surface area contributed by atoms with Crippen molar-refractivity contribution in [2.45, 2.75) is 76.9 Å². The fourth-order valence-electron chi connectivity index (χ4n) is 8.73. The van der Waals surface area contributed by atoms with Crippen molar-refractivity contribution in [3.8, 4) is 0 Å². The summed E-state index contributed by atoms with van der Waals surface area (Å²) < 4.78 is 7.94. The molecule has 1 aliphatic carbocycles. The molecule has 4 aliphatic rings. The molecule has 2 N–H and O–H groups in total. The van der Waals surface area contributed by atoms with Crippen molar-refractivity contribution >= 4 is 51.8 Å². The van der Waals surface area contributed by atoms with Gasteiger partial charge >= 0.3 is 0 Å². The Morgan fingerprint density at radius 2 is 1.69 bits per heavy atom. The first-order valence-electron chi connectivity index (χ1n) is 19.5. The highest BCUT2D eigenvalue weighted by Crippen LogP contribution is 2.34. The molecular weight excluding hydrogens is 699 g/mol. The van der Waals surface area contributed by atoms with Crippen LogP contribution >= 0.6 is 0 Å². The van der Waals surface area contributed by atoms with Crippen molar-refractivity contribution in [2.75, 3.05) is 67.5 Å². The maximum atomic E-state index is 13.6. The van der Waals surface area contributed by atoms with E-state index in [0.717, 1.165) is 88.4 Å². The smallest absolute Gasteiger partial charge is 0.263 e. The topological polar surface area (TPSA) is 155 Å². The largest absolute Gasteiger partial charge is 0.373 e. The summed E-state index contributed by atoms with van der Waals surface area (Å²) in [6, 6.07) is 12.2. The van der Waals surface area contributed by atoms with Crippen LogP contribution < -0.4 is 26.0 Å². The van der Waals surface area contributed by atoms with Gasteiger partial charge in [-0.1, -0.05) is 25.0 Å². The average Bonchev–Trinajstić information content (AvgIpc) is 3.72. The molecule has 1 saturated carbocycles. The van der Waals surface area contributed by atoms with Crippen LogP contribution in [-0.2, 0) is 19.7 Å². The molecule has 0 radical (unpaired) electrons. The minimum atomic E-state index is -0.687. The SMILES string of the molecule is CC(=O)c1c(C)c2cnc(Nc3ccc(N4CCO[C@@H](CN5CCN(c6ccc([C@@]7(C)CCC(=O)NC7=O)cc6)CC5)C4)cn3)nc2n(C2CCCC2)c1=O. The third kappa shape index (κ3) is 7.32. The molecule has 14 nitrogen and oxygen atoms in total. The standard InChI is InChI=1S/C41H49N9O5/c1-26-33-23-43-40(46-37(33)50(30-6-4-5-7-30)38(53)36(26)27(2)51)44-34-13-12-31(22-42-34)49-20-21-55-32(25-49)24-47-16-18-48(19-17-47)29-10-8-28(9-11-29)41(3)15-14-35(52)45-39(41)54/h8-13,22-23,30,32H,4-7,14-21,24-25H2,1-3H3,(H,45,52,54)(H,42,43,44,46)/t32-,41+/m0/s1. The number of pyridine rings is 2. The maximum absolute atomic E-state index is 13.6. The Balaban J connectivity index is 0.869. The van der Waals surface area contributed by atoms with Crippen molar-refractivity contribution in [1.82, 2.24) is 29.7 Å². The lowest BCUT2D eigenvalue weighted by Crippen LogP contribution is -2.52. The van der Waals surface area contributed by atoms with E-state index in [4.69, 9.17) is 9.72 Å². The molecular formula is C41H49N9O5. The van der Waals surface area contributed by atoms with Gasteiger partial charge in [0, 0.05) is 75.5 Å². The van der Waals surface area contributed by atoms with E-state index in [1.54, 1.807) is 17.7 Å². The van der Waals surface area contributed by atoms with Crippen LogP contribution in [0.15, 0.2) is 53.6 Å². The number of aryl methyl sites for hydroxylation is 1. The Bertz CT molecular complexity index is 2160. The molecule has 1 aromatic carbocycles. The molecule has 3 saturated heterocycles. The van der Waals surface area contributed by atoms with Crippen LogP contribution in [0.5, 0.6) is 0 Å². The Kier molecular flexibility index (Phi) is 10.1. The number of fused-ring (bicyclic) bond motifs is 1. The zero-order chi connectivity index (χ0) is 38.3. The Hall–Kier alpha value is -5.21. The number of hydrogen-bond acceptors (Lipinski definition) is 12. The average molecular weight is 748 g/mol. The van der Waals surface area contributed by atoms with E-state index in [1.165, 1.54) is 6.92 Å². The first-order valence-corrected chi connectivity index (χ1v) is 19.5. The van der Waals surface area contributed by atoms with Crippen molar-refractivity contribution in [3.63, 3.8) is 0 Å². The summed E-state index contributed by atoms with van der Waals surface area (Å²) in [4.78, 5) is 71.5. The van der Waals surface area contributed by atoms with Gasteiger partial charge in [-0.2, -0.15) is 4.98 Å². The summed E-state index contributed by atoms with van der Waals surface area (Å²) in [5, 5.41) is 6.43. The summed E-state index contributed by atoms with van der Waals surface area (Å²) in [7, 11) is 0. The minimum absolute atomic E-state index is 0.0119. The first-order chi connectivity index (χ1) is 26.6. The molecule has 0 unspecified atom stereocenters. The highest BCUT2D eigenvalue weighted by molar-refractivity contribution is 6.03. The molecule has 8 rings (SSSR count). The third-order valence-corrected chi connectivity index (χ3v) is 12.1. The number of ether oxygens (including phenoxy) is 1. The molecule has 0 bridgehead atoms. The number of ketones is 1. The number of anilines is 4. The van der Waals surface area contributed by atoms with Gasteiger partial charge in [-0.3, -0.25) is 34.0 Å². The lowest BCUT2D eigenvalue weighted by Gasteiger charge is -2.40. The van der Waals surface area contributed by atoms with Gasteiger partial charge in [0.2, 0.25) is 17.8 Å². The van der Waals surface area contributed by atoms with E-state index in [0.29, 0.717) is 47.8 Å². The van der Waals surface area contributed by atoms with Crippen molar-refractivity contribution in [2.24, 2.45) is 0 Å². The van der Waals surface area contributed by atoms with Gasteiger partial charge in [0.15, 0.2) is 5.78 Å². The van der Waals surface area contributed by atoms with Crippen molar-refractivity contribution in [1.29, 1.82) is 0 Å². The number of carbonyl (C=O) groups is 3. The van der Waals surface area contributed by atoms with Crippen LogP contribution in [0.25, 0.3) is 11.0 Å². The summed E-state index contributed by atoms with van der Waals surface area (Å²) >= 11 is 0. The number of benzene rings is 1. The predicted molar refractivity (Wildman–Crippen MR) is 210 cm³/mol. The number of morpholine rings is 1. The van der Waals surface area contributed by atoms with Crippen LogP contribution in [-0.4, -0.2) is 101 Å². The highest BCUT2D eigenvalue weighted by Gasteiger charge is 2.40. The number of aromatic nitrogens is 4. The van der Waals surface area contributed by atoms with Gasteiger partial charge in [-0.05, 0) is 75.4 Å². The zero-order valence-corrected chi connectivity index (χ0v) is 31.8. The normalized spacial score (nSPS) is 22.6. The van der Waals surface area contributed by atoms with E-state index in [-0.39, 0.29) is 40.9 Å². The number of nitrogens with zero attached hydrogens (tertiary/aromatic N) is 7. The number of imide groups is 1. The predicted octanol–water partition coefficient (Wildman–Crippen LogP) is 4.28. The van der Waals surface area contributed by atoms with Crippen LogP contribution in [0.3, 0.4) is 0 Å². The van der Waals surface area contributed by atoms with Gasteiger partial charge in [0.05, 0.1) is 35.6 Å². The Morgan fingerprint density at radius 3 is 2.38 bits per heavy atom. The van der Waals surface area contributed by atoms with E-state index >= 15 is 0 Å². The summed E-state index contributed by atoms with van der Waals surface area (Å²) in [6.07, 6.45) is 8.36. The molecule has 14 heteroatoms. The van der Waals surface area contributed by atoms with E-state index in [9.17, 15) is 19.2 Å². The molecule has 288 valence electrons. The lowest BCUT2D eigenvalue weighted by atomic mass is 9.75. The van der Waals surface area contributed by atoms with E-state index in [1.807, 2.05) is 37.4 Å². The fraction of sp³-hybridized carbons (Fsp3) is 0.488. The van der Waals surface area contributed by atoms with E-state index < -0.39 is 5.41 Å². The number of carbonyl (C=O) groups excluding carboxylic acids is 3. The molecule has 6 heterocycles. The second-order valence-electron chi connectivity index (χ2n) is 15.6. The summed E-state index contributed by atoms with van der Waals surface area (Å²) in [5.74, 6) is 0.280. The molecule has 4 aromatic rings. The molecule has 2 amide bonds. The molecule has 3 aromatic heterocycles. The van der Waals surface area contributed by atoms with Crippen molar-refractivity contribution in [3.05, 3.63) is 75.8 Å². The monoisotopic (exact) mass is 747 g/mol. The zero-order valence-electron chi connectivity index (χ0n) is 31.8. The van der Waals surface area contributed by atoms with Crippen molar-refractivity contribution < 1.29 is 19.1 Å². The van der Waals surface area contributed by atoms with Crippen LogP contribution in [0, 0.1) is 6.92 Å². The summed E-state index contributed by atoms with van der Waals surface area (Å²) in [5.41, 5.74) is 3.51. The number of Topliss-reactive ketones (excluding diaryl/α,β-unsaturated/α-hetero) is 1. The fourth-order valence-corrected chi connectivity index (χ4v) is 8.73. The molecule has 55 heavy (non-hydrogen) atoms. The number of nitrogens with one attached hydrogen (secondary N) is 2. The van der Waals surface area contributed by atoms with Crippen LogP contribution in [0.4, 0.5) is 23.1 Å². The van der Waals surface area contributed by atoms with E-state index in [2.05, 4.69) is 47.4 Å². The number of hydrogen-bond donors (Lipinski definition) is 2. The quantitative estimate of drug-likeness (QED) is 0.186. The maximum Gasteiger partial charge on any atom is 0.263 e. The Labute approximate surface area is 320 Å². The number of amides is 2. The third-order valence-electron chi connectivity index (χ3n) is 12.1. The molecule has 0 spiro atoms. The van der Waals surface area contributed by atoms with Crippen LogP contribution in [0.2, 0.25) is 0 Å². The lowest BCUT2D eigenvalue weighted by molar-refractivity contribution is -0.137. The number of piperidine rings is 1. The number of piperazine rings is 1. The minimum Gasteiger partial charge on any atom is -0.373 e. The van der Waals surface area contributed by atoms with Gasteiger partial charge in [-0.25, -0.2) is 9.97 Å². The number of rotatable bonds is 9. The van der Waals surface area contributed by atoms with Gasteiger partial charge < -0.3 is 19.9 Å². The second kappa shape index (κ2) is 15.1. The molecule has 3 aliphatic heterocycles. The Morgan fingerprint density at radius 1 is 0.945 bits per heavy atom. The second-order valence-corrected chi connectivity index (χ2v) is 15.6. The molecule has 4 fully saturated rings. The summed E-state index contributed by atoms with van der Waals surface area (Å²) in [6.45, 7) is 11.8. The van der Waals surface area contributed by atoms with Gasteiger partial charge in [-0.15, -0.1) is 0 Å². The first kappa shape index (κ1) is 36.8.